The fourth-order valence-corrected chi connectivity index (χ4v) is 2.03. The molecule has 0 aliphatic rings. The molecule has 4 heteroatoms. The van der Waals surface area contributed by atoms with Gasteiger partial charge in [0.25, 0.3) is 0 Å². The summed E-state index contributed by atoms with van der Waals surface area (Å²) < 4.78 is 19.2. The van der Waals surface area contributed by atoms with Crippen molar-refractivity contribution in [3.05, 3.63) is 63.9 Å². The maximum atomic E-state index is 13.3. The minimum atomic E-state index is -0.566. The molecule has 0 aliphatic heterocycles. The predicted octanol–water partition coefficient (Wildman–Crippen LogP) is 3.98. The quantitative estimate of drug-likeness (QED) is 0.799. The fraction of sp³-hybridized carbons (Fsp3) is 0.0714. The third kappa shape index (κ3) is 2.76. The van der Waals surface area contributed by atoms with Gasteiger partial charge in [0.05, 0.1) is 10.0 Å². The van der Waals surface area contributed by atoms with E-state index in [2.05, 4.69) is 15.9 Å². The van der Waals surface area contributed by atoms with E-state index in [4.69, 9.17) is 4.74 Å². The van der Waals surface area contributed by atoms with Gasteiger partial charge in [-0.15, -0.1) is 0 Å². The van der Waals surface area contributed by atoms with Crippen LogP contribution >= 0.6 is 15.9 Å². The molecule has 0 saturated carbocycles. The summed E-state index contributed by atoms with van der Waals surface area (Å²) in [5.74, 6) is -0.119. The molecule has 0 fully saturated rings. The van der Waals surface area contributed by atoms with Gasteiger partial charge in [0.15, 0.2) is 6.29 Å². The number of carbonyl (C=O) groups is 1. The largest absolute Gasteiger partial charge is 0.488 e. The van der Waals surface area contributed by atoms with Crippen LogP contribution in [0.5, 0.6) is 5.75 Å². The molecule has 2 aromatic rings. The summed E-state index contributed by atoms with van der Waals surface area (Å²) in [6, 6.07) is 12.3. The van der Waals surface area contributed by atoms with Gasteiger partial charge in [-0.1, -0.05) is 30.3 Å². The molecule has 0 amide bonds. The van der Waals surface area contributed by atoms with E-state index in [-0.39, 0.29) is 5.56 Å². The number of halogens is 2. The van der Waals surface area contributed by atoms with E-state index in [1.807, 2.05) is 30.3 Å². The topological polar surface area (TPSA) is 26.3 Å². The number of carbonyl (C=O) groups excluding carboxylic acids is 1. The van der Waals surface area contributed by atoms with Gasteiger partial charge in [-0.25, -0.2) is 4.39 Å². The van der Waals surface area contributed by atoms with E-state index in [1.54, 1.807) is 0 Å². The monoisotopic (exact) mass is 308 g/mol. The number of hydrogen-bond acceptors (Lipinski definition) is 2. The molecule has 0 spiro atoms. The zero-order valence-electron chi connectivity index (χ0n) is 9.40. The van der Waals surface area contributed by atoms with Crippen LogP contribution in [0.3, 0.4) is 0 Å². The van der Waals surface area contributed by atoms with E-state index in [0.29, 0.717) is 23.1 Å². The fourth-order valence-electron chi connectivity index (χ4n) is 1.50. The Morgan fingerprint density at radius 2 is 1.89 bits per heavy atom. The third-order valence-corrected chi connectivity index (χ3v) is 3.26. The van der Waals surface area contributed by atoms with Crippen LogP contribution in [-0.2, 0) is 6.61 Å². The Bertz CT molecular complexity index is 555. The first-order valence-corrected chi connectivity index (χ1v) is 6.11. The zero-order valence-corrected chi connectivity index (χ0v) is 11.0. The molecule has 0 N–H and O–H groups in total. The standard InChI is InChI=1S/C14H10BrFO2/c15-14-11(8-17)12(16)6-7-13(14)18-9-10-4-2-1-3-5-10/h1-8H,9H2. The smallest absolute Gasteiger partial charge is 0.154 e. The Morgan fingerprint density at radius 3 is 2.56 bits per heavy atom. The van der Waals surface area contributed by atoms with Gasteiger partial charge in [0, 0.05) is 0 Å². The summed E-state index contributed by atoms with van der Waals surface area (Å²) in [4.78, 5) is 10.7. The van der Waals surface area contributed by atoms with Crippen molar-refractivity contribution in [3.63, 3.8) is 0 Å². The Morgan fingerprint density at radius 1 is 1.17 bits per heavy atom. The second-order valence-corrected chi connectivity index (χ2v) is 4.46. The van der Waals surface area contributed by atoms with Crippen LogP contribution < -0.4 is 4.74 Å². The van der Waals surface area contributed by atoms with Gasteiger partial charge in [-0.05, 0) is 33.6 Å². The molecule has 0 radical (unpaired) electrons. The van der Waals surface area contributed by atoms with Gasteiger partial charge in [-0.3, -0.25) is 4.79 Å². The second kappa shape index (κ2) is 5.78. The maximum absolute atomic E-state index is 13.3. The van der Waals surface area contributed by atoms with Gasteiger partial charge in [0.1, 0.15) is 18.2 Å². The van der Waals surface area contributed by atoms with Crippen molar-refractivity contribution >= 4 is 22.2 Å². The van der Waals surface area contributed by atoms with Crippen LogP contribution in [0.4, 0.5) is 4.39 Å². The molecule has 2 nitrogen and oxygen atoms in total. The van der Waals surface area contributed by atoms with Crippen LogP contribution in [0, 0.1) is 5.82 Å². The van der Waals surface area contributed by atoms with E-state index >= 15 is 0 Å². The molecule has 92 valence electrons. The number of hydrogen-bond donors (Lipinski definition) is 0. The highest BCUT2D eigenvalue weighted by Crippen LogP contribution is 2.30. The molecule has 0 saturated heterocycles. The average Bonchev–Trinajstić information content (AvgIpc) is 2.40. The van der Waals surface area contributed by atoms with Gasteiger partial charge >= 0.3 is 0 Å². The normalized spacial score (nSPS) is 10.1. The van der Waals surface area contributed by atoms with Gasteiger partial charge in [0.2, 0.25) is 0 Å². The SMILES string of the molecule is O=Cc1c(F)ccc(OCc2ccccc2)c1Br. The van der Waals surface area contributed by atoms with Crippen molar-refractivity contribution in [1.29, 1.82) is 0 Å². The van der Waals surface area contributed by atoms with Crippen LogP contribution in [0.15, 0.2) is 46.9 Å². The number of rotatable bonds is 4. The van der Waals surface area contributed by atoms with Gasteiger partial charge in [-0.2, -0.15) is 0 Å². The first kappa shape index (κ1) is 12.8. The number of benzene rings is 2. The molecular weight excluding hydrogens is 299 g/mol. The minimum absolute atomic E-state index is 0.0273. The first-order chi connectivity index (χ1) is 8.72. The van der Waals surface area contributed by atoms with E-state index in [9.17, 15) is 9.18 Å². The highest BCUT2D eigenvalue weighted by molar-refractivity contribution is 9.10. The van der Waals surface area contributed by atoms with E-state index < -0.39 is 5.82 Å². The molecule has 0 bridgehead atoms. The number of ether oxygens (including phenoxy) is 1. The lowest BCUT2D eigenvalue weighted by atomic mass is 10.2. The van der Waals surface area contributed by atoms with Crippen molar-refractivity contribution in [2.45, 2.75) is 6.61 Å². The molecule has 0 heterocycles. The summed E-state index contributed by atoms with van der Waals surface area (Å²) in [5, 5.41) is 0. The summed E-state index contributed by atoms with van der Waals surface area (Å²) in [6.45, 7) is 0.364. The summed E-state index contributed by atoms with van der Waals surface area (Å²) in [6.07, 6.45) is 0.467. The van der Waals surface area contributed by atoms with Crippen molar-refractivity contribution in [2.75, 3.05) is 0 Å². The molecular formula is C14H10BrFO2. The molecule has 2 rings (SSSR count). The summed E-state index contributed by atoms with van der Waals surface area (Å²) in [7, 11) is 0. The van der Waals surface area contributed by atoms with Crippen LogP contribution in [0.25, 0.3) is 0 Å². The third-order valence-electron chi connectivity index (χ3n) is 2.45. The Labute approximate surface area is 113 Å². The maximum Gasteiger partial charge on any atom is 0.154 e. The highest BCUT2D eigenvalue weighted by Gasteiger charge is 2.11. The molecule has 0 aromatic heterocycles. The Balaban J connectivity index is 2.18. The van der Waals surface area contributed by atoms with Gasteiger partial charge < -0.3 is 4.74 Å². The highest BCUT2D eigenvalue weighted by atomic mass is 79.9. The lowest BCUT2D eigenvalue weighted by Gasteiger charge is -2.09. The average molecular weight is 309 g/mol. The number of aldehydes is 1. The van der Waals surface area contributed by atoms with Crippen LogP contribution in [0.2, 0.25) is 0 Å². The predicted molar refractivity (Wildman–Crippen MR) is 70.3 cm³/mol. The Kier molecular flexibility index (Phi) is 4.10. The zero-order chi connectivity index (χ0) is 13.0. The lowest BCUT2D eigenvalue weighted by molar-refractivity contribution is 0.111. The first-order valence-electron chi connectivity index (χ1n) is 5.32. The summed E-state index contributed by atoms with van der Waals surface area (Å²) >= 11 is 3.17. The Hall–Kier alpha value is -1.68. The molecule has 18 heavy (non-hydrogen) atoms. The van der Waals surface area contributed by atoms with Crippen molar-refractivity contribution in [3.8, 4) is 5.75 Å². The lowest BCUT2D eigenvalue weighted by Crippen LogP contribution is -1.98. The van der Waals surface area contributed by atoms with E-state index in [0.717, 1.165) is 5.56 Å². The molecule has 0 atom stereocenters. The molecule has 0 unspecified atom stereocenters. The van der Waals surface area contributed by atoms with E-state index in [1.165, 1.54) is 12.1 Å². The second-order valence-electron chi connectivity index (χ2n) is 3.67. The van der Waals surface area contributed by atoms with Crippen molar-refractivity contribution in [1.82, 2.24) is 0 Å². The van der Waals surface area contributed by atoms with Crippen LogP contribution in [0.1, 0.15) is 15.9 Å². The molecule has 0 aliphatic carbocycles. The molecule has 2 aromatic carbocycles. The van der Waals surface area contributed by atoms with Crippen LogP contribution in [-0.4, -0.2) is 6.29 Å². The van der Waals surface area contributed by atoms with Crippen molar-refractivity contribution in [2.24, 2.45) is 0 Å². The van der Waals surface area contributed by atoms with Crippen molar-refractivity contribution < 1.29 is 13.9 Å². The minimum Gasteiger partial charge on any atom is -0.488 e. The summed E-state index contributed by atoms with van der Waals surface area (Å²) in [5.41, 5.74) is 0.974.